The van der Waals surface area contributed by atoms with Gasteiger partial charge in [0.05, 0.1) is 0 Å². The molecule has 0 spiro atoms. The SMILES string of the molecule is CC(C)N(CC(F)(F)F)S(=O)(=O)N1CCC(CN)CC1. The highest BCUT2D eigenvalue weighted by Crippen LogP contribution is 2.25. The van der Waals surface area contributed by atoms with Gasteiger partial charge in [-0.3, -0.25) is 0 Å². The zero-order valence-electron chi connectivity index (χ0n) is 11.7. The molecule has 1 aliphatic heterocycles. The molecule has 120 valence electrons. The van der Waals surface area contributed by atoms with Crippen LogP contribution in [0.1, 0.15) is 26.7 Å². The highest BCUT2D eigenvalue weighted by atomic mass is 32.2. The van der Waals surface area contributed by atoms with Crippen LogP contribution in [0.25, 0.3) is 0 Å². The van der Waals surface area contributed by atoms with Crippen molar-refractivity contribution in [2.75, 3.05) is 26.2 Å². The van der Waals surface area contributed by atoms with Crippen molar-refractivity contribution >= 4 is 10.2 Å². The first-order chi connectivity index (χ1) is 9.08. The summed E-state index contributed by atoms with van der Waals surface area (Å²) in [6, 6.07) is -0.742. The van der Waals surface area contributed by atoms with Crippen molar-refractivity contribution in [2.45, 2.75) is 38.9 Å². The summed E-state index contributed by atoms with van der Waals surface area (Å²) in [5, 5.41) is 0. The Hall–Kier alpha value is -0.380. The van der Waals surface area contributed by atoms with E-state index in [9.17, 15) is 21.6 Å². The summed E-state index contributed by atoms with van der Waals surface area (Å²) in [6.07, 6.45) is -3.37. The summed E-state index contributed by atoms with van der Waals surface area (Å²) in [5.41, 5.74) is 5.52. The molecule has 0 aromatic rings. The van der Waals surface area contributed by atoms with Crippen molar-refractivity contribution < 1.29 is 21.6 Å². The van der Waals surface area contributed by atoms with Gasteiger partial charge < -0.3 is 5.73 Å². The largest absolute Gasteiger partial charge is 0.402 e. The van der Waals surface area contributed by atoms with Crippen LogP contribution in [0.5, 0.6) is 0 Å². The van der Waals surface area contributed by atoms with E-state index in [0.29, 0.717) is 23.7 Å². The van der Waals surface area contributed by atoms with Crippen LogP contribution >= 0.6 is 0 Å². The molecule has 0 aromatic heterocycles. The minimum Gasteiger partial charge on any atom is -0.330 e. The van der Waals surface area contributed by atoms with Crippen molar-refractivity contribution in [3.8, 4) is 0 Å². The third-order valence-electron chi connectivity index (χ3n) is 3.44. The summed E-state index contributed by atoms with van der Waals surface area (Å²) in [5.74, 6) is 0.247. The van der Waals surface area contributed by atoms with Crippen LogP contribution in [0, 0.1) is 5.92 Å². The van der Waals surface area contributed by atoms with Crippen LogP contribution in [0.3, 0.4) is 0 Å². The van der Waals surface area contributed by atoms with E-state index in [4.69, 9.17) is 5.73 Å². The molecular weight excluding hydrogens is 295 g/mol. The van der Waals surface area contributed by atoms with Gasteiger partial charge in [0, 0.05) is 19.1 Å². The van der Waals surface area contributed by atoms with E-state index in [2.05, 4.69) is 0 Å². The molecule has 1 saturated heterocycles. The van der Waals surface area contributed by atoms with Crippen LogP contribution in [0.15, 0.2) is 0 Å². The molecule has 1 aliphatic rings. The standard InChI is InChI=1S/C11H22F3N3O2S/c1-9(2)17(8-11(12,13)14)20(18,19)16-5-3-10(7-15)4-6-16/h9-10H,3-8,15H2,1-2H3. The Labute approximate surface area is 118 Å². The third-order valence-corrected chi connectivity index (χ3v) is 5.60. The van der Waals surface area contributed by atoms with Crippen LogP contribution in [0.4, 0.5) is 13.2 Å². The van der Waals surface area contributed by atoms with E-state index in [1.807, 2.05) is 0 Å². The van der Waals surface area contributed by atoms with Gasteiger partial charge in [0.15, 0.2) is 0 Å². The predicted molar refractivity (Wildman–Crippen MR) is 70.2 cm³/mol. The molecule has 0 atom stereocenters. The van der Waals surface area contributed by atoms with Crippen molar-refractivity contribution in [3.63, 3.8) is 0 Å². The lowest BCUT2D eigenvalue weighted by Gasteiger charge is -2.36. The molecular formula is C11H22F3N3O2S. The molecule has 1 heterocycles. The average molecular weight is 317 g/mol. The van der Waals surface area contributed by atoms with E-state index in [1.54, 1.807) is 0 Å². The fourth-order valence-electron chi connectivity index (χ4n) is 2.23. The summed E-state index contributed by atoms with van der Waals surface area (Å²) in [7, 11) is -4.08. The fraction of sp³-hybridized carbons (Fsp3) is 1.00. The Morgan fingerprint density at radius 2 is 1.80 bits per heavy atom. The van der Waals surface area contributed by atoms with Crippen LogP contribution in [-0.2, 0) is 10.2 Å². The van der Waals surface area contributed by atoms with Gasteiger partial charge >= 0.3 is 6.18 Å². The molecule has 0 saturated carbocycles. The summed E-state index contributed by atoms with van der Waals surface area (Å²) < 4.78 is 63.9. The second-order valence-electron chi connectivity index (χ2n) is 5.34. The number of alkyl halides is 3. The first kappa shape index (κ1) is 17.7. The average Bonchev–Trinajstić information content (AvgIpc) is 2.34. The van der Waals surface area contributed by atoms with Crippen molar-refractivity contribution in [1.29, 1.82) is 0 Å². The molecule has 9 heteroatoms. The molecule has 0 radical (unpaired) electrons. The number of piperidine rings is 1. The van der Waals surface area contributed by atoms with Gasteiger partial charge in [-0.2, -0.15) is 30.2 Å². The van der Waals surface area contributed by atoms with Gasteiger partial charge in [0.2, 0.25) is 0 Å². The highest BCUT2D eigenvalue weighted by Gasteiger charge is 2.41. The van der Waals surface area contributed by atoms with Crippen molar-refractivity contribution in [3.05, 3.63) is 0 Å². The zero-order valence-corrected chi connectivity index (χ0v) is 12.5. The Bertz CT molecular complexity index is 404. The summed E-state index contributed by atoms with van der Waals surface area (Å²) in [4.78, 5) is 0. The first-order valence-corrected chi connectivity index (χ1v) is 8.01. The molecule has 20 heavy (non-hydrogen) atoms. The minimum absolute atomic E-state index is 0.227. The molecule has 1 fully saturated rings. The van der Waals surface area contributed by atoms with E-state index >= 15 is 0 Å². The van der Waals surface area contributed by atoms with Gasteiger partial charge in [0.25, 0.3) is 10.2 Å². The van der Waals surface area contributed by atoms with Gasteiger partial charge in [0.1, 0.15) is 6.54 Å². The number of rotatable bonds is 5. The van der Waals surface area contributed by atoms with E-state index in [-0.39, 0.29) is 19.0 Å². The van der Waals surface area contributed by atoms with Gasteiger partial charge in [-0.25, -0.2) is 0 Å². The van der Waals surface area contributed by atoms with Crippen molar-refractivity contribution in [1.82, 2.24) is 8.61 Å². The topological polar surface area (TPSA) is 66.6 Å². The summed E-state index contributed by atoms with van der Waals surface area (Å²) >= 11 is 0. The fourth-order valence-corrected chi connectivity index (χ4v) is 4.04. The van der Waals surface area contributed by atoms with Crippen LogP contribution < -0.4 is 5.73 Å². The lowest BCUT2D eigenvalue weighted by Crippen LogP contribution is -2.52. The molecule has 0 aliphatic carbocycles. The molecule has 1 rings (SSSR count). The Morgan fingerprint density at radius 3 is 2.15 bits per heavy atom. The molecule has 0 bridgehead atoms. The Kier molecular flexibility index (Phi) is 5.82. The van der Waals surface area contributed by atoms with E-state index in [0.717, 1.165) is 4.31 Å². The number of hydrogen-bond acceptors (Lipinski definition) is 3. The molecule has 5 nitrogen and oxygen atoms in total. The number of hydrogen-bond donors (Lipinski definition) is 1. The summed E-state index contributed by atoms with van der Waals surface area (Å²) in [6.45, 7) is 2.36. The molecule has 2 N–H and O–H groups in total. The van der Waals surface area contributed by atoms with Gasteiger partial charge in [-0.1, -0.05) is 0 Å². The Balaban J connectivity index is 2.84. The number of nitrogens with zero attached hydrogens (tertiary/aromatic N) is 2. The number of nitrogens with two attached hydrogens (primary N) is 1. The van der Waals surface area contributed by atoms with Crippen LogP contribution in [-0.4, -0.2) is 55.4 Å². The highest BCUT2D eigenvalue weighted by molar-refractivity contribution is 7.86. The minimum atomic E-state index is -4.55. The maximum atomic E-state index is 12.5. The second-order valence-corrected chi connectivity index (χ2v) is 7.22. The predicted octanol–water partition coefficient (Wildman–Crippen LogP) is 1.17. The van der Waals surface area contributed by atoms with Crippen LogP contribution in [0.2, 0.25) is 0 Å². The number of halogens is 3. The molecule has 0 amide bonds. The molecule has 0 aromatic carbocycles. The second kappa shape index (κ2) is 6.59. The Morgan fingerprint density at radius 1 is 1.30 bits per heavy atom. The maximum absolute atomic E-state index is 12.5. The normalized spacial score (nSPS) is 20.0. The first-order valence-electron chi connectivity index (χ1n) is 6.61. The monoisotopic (exact) mass is 317 g/mol. The lowest BCUT2D eigenvalue weighted by atomic mass is 9.99. The van der Waals surface area contributed by atoms with Gasteiger partial charge in [-0.15, -0.1) is 0 Å². The van der Waals surface area contributed by atoms with Gasteiger partial charge in [-0.05, 0) is 39.2 Å². The molecule has 0 unspecified atom stereocenters. The quantitative estimate of drug-likeness (QED) is 0.828. The lowest BCUT2D eigenvalue weighted by molar-refractivity contribution is -0.139. The zero-order chi connectivity index (χ0) is 15.6. The third kappa shape index (κ3) is 4.57. The van der Waals surface area contributed by atoms with E-state index in [1.165, 1.54) is 13.8 Å². The smallest absolute Gasteiger partial charge is 0.330 e. The maximum Gasteiger partial charge on any atom is 0.402 e. The van der Waals surface area contributed by atoms with Crippen molar-refractivity contribution in [2.24, 2.45) is 11.7 Å². The van der Waals surface area contributed by atoms with E-state index < -0.39 is 29.0 Å².